The summed E-state index contributed by atoms with van der Waals surface area (Å²) in [7, 11) is 0. The first kappa shape index (κ1) is 18.4. The maximum atomic E-state index is 13.2. The van der Waals surface area contributed by atoms with E-state index in [0.717, 1.165) is 4.88 Å². The molecule has 0 aromatic carbocycles. The molecule has 0 aliphatic carbocycles. The van der Waals surface area contributed by atoms with Gasteiger partial charge in [-0.3, -0.25) is 9.36 Å². The lowest BCUT2D eigenvalue weighted by molar-refractivity contribution is -0.138. The van der Waals surface area contributed by atoms with Crippen molar-refractivity contribution in [2.75, 3.05) is 6.61 Å². The lowest BCUT2D eigenvalue weighted by Gasteiger charge is -2.23. The van der Waals surface area contributed by atoms with Crippen LogP contribution in [0.5, 0.6) is 0 Å². The van der Waals surface area contributed by atoms with Crippen molar-refractivity contribution >= 4 is 34.7 Å². The number of carbonyl (C=O) groups excluding carboxylic acids is 1. The fourth-order valence-electron chi connectivity index (χ4n) is 3.01. The molecule has 0 spiro atoms. The summed E-state index contributed by atoms with van der Waals surface area (Å²) in [5.41, 5.74) is 0.680. The zero-order chi connectivity index (χ0) is 19.7. The first-order valence-corrected chi connectivity index (χ1v) is 10.2. The summed E-state index contributed by atoms with van der Waals surface area (Å²) in [6.45, 7) is 5.42. The predicted octanol–water partition coefficient (Wildman–Crippen LogP) is 2.62. The number of rotatable bonds is 5. The summed E-state index contributed by atoms with van der Waals surface area (Å²) in [5, 5.41) is 1.91. The second-order valence-electron chi connectivity index (χ2n) is 6.00. The molecule has 1 unspecified atom stereocenters. The third kappa shape index (κ3) is 3.21. The quantitative estimate of drug-likeness (QED) is 0.477. The van der Waals surface area contributed by atoms with Gasteiger partial charge in [-0.1, -0.05) is 30.1 Å². The molecule has 8 heteroatoms. The van der Waals surface area contributed by atoms with Gasteiger partial charge in [-0.05, 0) is 30.5 Å². The van der Waals surface area contributed by atoms with E-state index in [1.54, 1.807) is 36.0 Å². The number of thiazole rings is 1. The fourth-order valence-corrected chi connectivity index (χ4v) is 4.86. The van der Waals surface area contributed by atoms with E-state index in [-0.39, 0.29) is 12.2 Å². The Morgan fingerprint density at radius 2 is 2.29 bits per heavy atom. The highest BCUT2D eigenvalue weighted by molar-refractivity contribution is 7.10. The highest BCUT2D eigenvalue weighted by atomic mass is 32.1. The van der Waals surface area contributed by atoms with Crippen LogP contribution in [0.15, 0.2) is 74.0 Å². The number of hydrogen-bond donors (Lipinski definition) is 0. The molecule has 4 heterocycles. The second kappa shape index (κ2) is 7.57. The van der Waals surface area contributed by atoms with Gasteiger partial charge in [0.05, 0.1) is 22.1 Å². The SMILES string of the molecule is C=CCOC(=O)C1=C(C)N=c2s/c(=C/c3ccco3)c(=O)n2C1c1cccs1. The first-order chi connectivity index (χ1) is 13.6. The number of carbonyl (C=O) groups is 1. The Hall–Kier alpha value is -2.97. The number of furan rings is 1. The normalized spacial score (nSPS) is 16.6. The molecule has 0 amide bonds. The minimum atomic E-state index is -0.577. The Balaban J connectivity index is 1.92. The molecule has 6 nitrogen and oxygen atoms in total. The van der Waals surface area contributed by atoms with Crippen molar-refractivity contribution in [3.05, 3.63) is 90.2 Å². The summed E-state index contributed by atoms with van der Waals surface area (Å²) < 4.78 is 12.6. The number of aromatic nitrogens is 1. The van der Waals surface area contributed by atoms with E-state index in [1.807, 2.05) is 17.5 Å². The summed E-state index contributed by atoms with van der Waals surface area (Å²) in [4.78, 5) is 31.9. The molecular formula is C20H16N2O4S2. The molecule has 4 rings (SSSR count). The minimum absolute atomic E-state index is 0.0929. The van der Waals surface area contributed by atoms with Crippen molar-refractivity contribution < 1.29 is 13.9 Å². The lowest BCUT2D eigenvalue weighted by Crippen LogP contribution is -2.39. The van der Waals surface area contributed by atoms with E-state index in [0.29, 0.717) is 26.4 Å². The van der Waals surface area contributed by atoms with Crippen molar-refractivity contribution in [1.82, 2.24) is 4.57 Å². The standard InChI is InChI=1S/C20H16N2O4S2/c1-3-8-26-19(24)16-12(2)21-20-22(17(16)14-7-5-10-27-14)18(23)15(28-20)11-13-6-4-9-25-13/h3-7,9-11,17H,1,8H2,2H3/b15-11+. The second-order valence-corrected chi connectivity index (χ2v) is 7.99. The number of allylic oxidation sites excluding steroid dienone is 1. The highest BCUT2D eigenvalue weighted by Crippen LogP contribution is 2.33. The van der Waals surface area contributed by atoms with E-state index in [2.05, 4.69) is 11.6 Å². The zero-order valence-corrected chi connectivity index (χ0v) is 16.6. The van der Waals surface area contributed by atoms with Crippen LogP contribution >= 0.6 is 22.7 Å². The molecule has 0 saturated heterocycles. The molecule has 0 radical (unpaired) electrons. The predicted molar refractivity (Wildman–Crippen MR) is 108 cm³/mol. The molecular weight excluding hydrogens is 396 g/mol. The summed E-state index contributed by atoms with van der Waals surface area (Å²) >= 11 is 2.74. The van der Waals surface area contributed by atoms with E-state index in [4.69, 9.17) is 9.15 Å². The summed E-state index contributed by atoms with van der Waals surface area (Å²) in [6, 6.07) is 6.75. The van der Waals surface area contributed by atoms with E-state index in [1.165, 1.54) is 28.7 Å². The van der Waals surface area contributed by atoms with Gasteiger partial charge in [0, 0.05) is 11.0 Å². The average Bonchev–Trinajstić information content (AvgIpc) is 3.42. The topological polar surface area (TPSA) is 73.8 Å². The van der Waals surface area contributed by atoms with Gasteiger partial charge in [0.25, 0.3) is 5.56 Å². The largest absolute Gasteiger partial charge is 0.465 e. The van der Waals surface area contributed by atoms with Crippen LogP contribution in [0.25, 0.3) is 6.08 Å². The number of esters is 1. The molecule has 3 aromatic rings. The van der Waals surface area contributed by atoms with Gasteiger partial charge in [-0.25, -0.2) is 9.79 Å². The van der Waals surface area contributed by atoms with Crippen LogP contribution in [0.3, 0.4) is 0 Å². The van der Waals surface area contributed by atoms with Gasteiger partial charge < -0.3 is 9.15 Å². The Kier molecular flexibility index (Phi) is 4.97. The number of thiophene rings is 1. The Morgan fingerprint density at radius 1 is 1.43 bits per heavy atom. The zero-order valence-electron chi connectivity index (χ0n) is 15.0. The Morgan fingerprint density at radius 3 is 2.96 bits per heavy atom. The number of hydrogen-bond acceptors (Lipinski definition) is 7. The number of fused-ring (bicyclic) bond motifs is 1. The maximum Gasteiger partial charge on any atom is 0.338 e. The van der Waals surface area contributed by atoms with Gasteiger partial charge in [0.15, 0.2) is 4.80 Å². The van der Waals surface area contributed by atoms with Gasteiger partial charge in [0.1, 0.15) is 18.4 Å². The van der Waals surface area contributed by atoms with E-state index in [9.17, 15) is 9.59 Å². The Labute approximate surface area is 168 Å². The molecule has 0 saturated carbocycles. The van der Waals surface area contributed by atoms with Crippen molar-refractivity contribution in [1.29, 1.82) is 0 Å². The third-order valence-corrected chi connectivity index (χ3v) is 6.11. The fraction of sp³-hybridized carbons (Fsp3) is 0.150. The highest BCUT2D eigenvalue weighted by Gasteiger charge is 2.33. The molecule has 1 aliphatic rings. The summed E-state index contributed by atoms with van der Waals surface area (Å²) in [6.07, 6.45) is 4.74. The van der Waals surface area contributed by atoms with Crippen LogP contribution in [-0.4, -0.2) is 17.1 Å². The lowest BCUT2D eigenvalue weighted by atomic mass is 10.0. The van der Waals surface area contributed by atoms with Gasteiger partial charge in [0.2, 0.25) is 0 Å². The third-order valence-electron chi connectivity index (χ3n) is 4.20. The molecule has 0 bridgehead atoms. The molecule has 28 heavy (non-hydrogen) atoms. The van der Waals surface area contributed by atoms with Gasteiger partial charge in [-0.15, -0.1) is 11.3 Å². The maximum absolute atomic E-state index is 13.2. The molecule has 1 aliphatic heterocycles. The van der Waals surface area contributed by atoms with Crippen molar-refractivity contribution in [3.63, 3.8) is 0 Å². The van der Waals surface area contributed by atoms with Crippen LogP contribution < -0.4 is 14.9 Å². The smallest absolute Gasteiger partial charge is 0.338 e. The van der Waals surface area contributed by atoms with Crippen LogP contribution in [0.4, 0.5) is 0 Å². The van der Waals surface area contributed by atoms with E-state index < -0.39 is 12.0 Å². The summed E-state index contributed by atoms with van der Waals surface area (Å²) in [5.74, 6) is 0.0825. The van der Waals surface area contributed by atoms with Gasteiger partial charge in [-0.2, -0.15) is 0 Å². The molecule has 3 aromatic heterocycles. The van der Waals surface area contributed by atoms with Crippen molar-refractivity contribution in [2.45, 2.75) is 13.0 Å². The van der Waals surface area contributed by atoms with Gasteiger partial charge >= 0.3 is 5.97 Å². The van der Waals surface area contributed by atoms with Crippen LogP contribution in [0, 0.1) is 0 Å². The number of ether oxygens (including phenoxy) is 1. The van der Waals surface area contributed by atoms with Crippen LogP contribution in [0.1, 0.15) is 23.6 Å². The van der Waals surface area contributed by atoms with Crippen LogP contribution in [0.2, 0.25) is 0 Å². The van der Waals surface area contributed by atoms with Crippen LogP contribution in [-0.2, 0) is 9.53 Å². The molecule has 1 atom stereocenters. The van der Waals surface area contributed by atoms with Crippen molar-refractivity contribution in [2.24, 2.45) is 4.99 Å². The average molecular weight is 412 g/mol. The first-order valence-electron chi connectivity index (χ1n) is 8.47. The molecule has 142 valence electrons. The Bertz CT molecular complexity index is 1230. The molecule has 0 N–H and O–H groups in total. The molecule has 0 fully saturated rings. The minimum Gasteiger partial charge on any atom is -0.465 e. The van der Waals surface area contributed by atoms with E-state index >= 15 is 0 Å². The number of nitrogens with zero attached hydrogens (tertiary/aromatic N) is 2. The van der Waals surface area contributed by atoms with Crippen molar-refractivity contribution in [3.8, 4) is 0 Å². The monoisotopic (exact) mass is 412 g/mol.